The number of aromatic nitrogens is 2. The number of allylic oxidation sites excluding steroid dienone is 1. The van der Waals surface area contributed by atoms with E-state index in [1.165, 1.54) is 0 Å². The van der Waals surface area contributed by atoms with E-state index in [4.69, 9.17) is 0 Å². The molecule has 2 aromatic heterocycles. The van der Waals surface area contributed by atoms with E-state index in [1.807, 2.05) is 24.4 Å². The largest absolute Gasteiger partial charge is 0.288 e. The van der Waals surface area contributed by atoms with Crippen LogP contribution in [0, 0.1) is 0 Å². The Morgan fingerprint density at radius 1 is 1.65 bits per heavy atom. The van der Waals surface area contributed by atoms with Crippen molar-refractivity contribution in [1.82, 2.24) is 9.78 Å². The van der Waals surface area contributed by atoms with Crippen LogP contribution in [0.2, 0.25) is 0 Å². The van der Waals surface area contributed by atoms with Crippen LogP contribution in [-0.2, 0) is 6.54 Å². The molecule has 0 radical (unpaired) electrons. The zero-order chi connectivity index (χ0) is 12.3. The number of thiophene rings is 1. The van der Waals surface area contributed by atoms with E-state index in [2.05, 4.69) is 21.0 Å². The molecule has 0 saturated carbocycles. The van der Waals surface area contributed by atoms with Crippen molar-refractivity contribution < 1.29 is 4.79 Å². The lowest BCUT2D eigenvalue weighted by Crippen LogP contribution is -2.06. The van der Waals surface area contributed by atoms with E-state index in [0.29, 0.717) is 12.2 Å². The molecule has 0 aliphatic carbocycles. The summed E-state index contributed by atoms with van der Waals surface area (Å²) in [5.74, 6) is -0.0196. The molecule has 0 atom stereocenters. The van der Waals surface area contributed by atoms with Crippen LogP contribution in [0.4, 0.5) is 0 Å². The number of carbonyl (C=O) groups excluding carboxylic acids is 1. The van der Waals surface area contributed by atoms with Gasteiger partial charge >= 0.3 is 0 Å². The Morgan fingerprint density at radius 2 is 2.47 bits per heavy atom. The monoisotopic (exact) mass is 310 g/mol. The van der Waals surface area contributed by atoms with E-state index in [1.54, 1.807) is 34.4 Å². The van der Waals surface area contributed by atoms with Gasteiger partial charge in [0.2, 0.25) is 5.78 Å². The molecular weight excluding hydrogens is 300 g/mol. The van der Waals surface area contributed by atoms with Crippen LogP contribution in [0.5, 0.6) is 0 Å². The maximum absolute atomic E-state index is 11.9. The highest BCUT2D eigenvalue weighted by atomic mass is 79.9. The molecule has 88 valence electrons. The van der Waals surface area contributed by atoms with Gasteiger partial charge in [-0.15, -0.1) is 11.3 Å². The van der Waals surface area contributed by atoms with Crippen LogP contribution in [-0.4, -0.2) is 15.6 Å². The lowest BCUT2D eigenvalue weighted by molar-refractivity contribution is 0.103. The van der Waals surface area contributed by atoms with Gasteiger partial charge in [-0.2, -0.15) is 5.10 Å². The molecule has 2 heterocycles. The standard InChI is InChI=1S/C12H11BrN2OS/c1-2-15-11(5-6-14-15)12(16)4-3-10-7-9(13)8-17-10/h3-8H,2H2,1H3/b4-3+. The van der Waals surface area contributed by atoms with E-state index in [9.17, 15) is 4.79 Å². The van der Waals surface area contributed by atoms with E-state index >= 15 is 0 Å². The van der Waals surface area contributed by atoms with Crippen LogP contribution < -0.4 is 0 Å². The number of nitrogens with zero attached hydrogens (tertiary/aromatic N) is 2. The van der Waals surface area contributed by atoms with Crippen molar-refractivity contribution in [2.45, 2.75) is 13.5 Å². The van der Waals surface area contributed by atoms with Gasteiger partial charge < -0.3 is 0 Å². The van der Waals surface area contributed by atoms with Crippen molar-refractivity contribution >= 4 is 39.1 Å². The first-order valence-electron chi connectivity index (χ1n) is 5.19. The van der Waals surface area contributed by atoms with Crippen molar-refractivity contribution in [2.75, 3.05) is 0 Å². The number of hydrogen-bond donors (Lipinski definition) is 0. The average molecular weight is 311 g/mol. The lowest BCUT2D eigenvalue weighted by atomic mass is 10.2. The highest BCUT2D eigenvalue weighted by Crippen LogP contribution is 2.21. The van der Waals surface area contributed by atoms with Crippen LogP contribution in [0.15, 0.2) is 34.3 Å². The Bertz CT molecular complexity index is 556. The molecule has 0 aromatic carbocycles. The molecule has 5 heteroatoms. The first kappa shape index (κ1) is 12.3. The smallest absolute Gasteiger partial charge is 0.203 e. The Balaban J connectivity index is 2.14. The third kappa shape index (κ3) is 2.92. The molecule has 0 saturated heterocycles. The van der Waals surface area contributed by atoms with Crippen LogP contribution in [0.3, 0.4) is 0 Å². The predicted molar refractivity (Wildman–Crippen MR) is 73.3 cm³/mol. The average Bonchev–Trinajstić information content (AvgIpc) is 2.94. The van der Waals surface area contributed by atoms with Crippen molar-refractivity contribution in [1.29, 1.82) is 0 Å². The molecule has 2 aromatic rings. The van der Waals surface area contributed by atoms with E-state index in [-0.39, 0.29) is 5.78 Å². The lowest BCUT2D eigenvalue weighted by Gasteiger charge is -1.99. The number of aryl methyl sites for hydroxylation is 1. The number of carbonyl (C=O) groups is 1. The molecule has 0 N–H and O–H groups in total. The number of rotatable bonds is 4. The van der Waals surface area contributed by atoms with Crippen molar-refractivity contribution in [2.24, 2.45) is 0 Å². The zero-order valence-corrected chi connectivity index (χ0v) is 11.7. The maximum Gasteiger partial charge on any atom is 0.203 e. The molecule has 0 bridgehead atoms. The fourth-order valence-corrected chi connectivity index (χ4v) is 2.79. The van der Waals surface area contributed by atoms with Crippen LogP contribution in [0.25, 0.3) is 6.08 Å². The van der Waals surface area contributed by atoms with Gasteiger partial charge in [-0.3, -0.25) is 9.48 Å². The zero-order valence-electron chi connectivity index (χ0n) is 9.26. The van der Waals surface area contributed by atoms with Gasteiger partial charge in [-0.25, -0.2) is 0 Å². The van der Waals surface area contributed by atoms with Crippen molar-refractivity contribution in [3.63, 3.8) is 0 Å². The summed E-state index contributed by atoms with van der Waals surface area (Å²) in [5.41, 5.74) is 0.624. The van der Waals surface area contributed by atoms with Crippen LogP contribution in [0.1, 0.15) is 22.3 Å². The summed E-state index contributed by atoms with van der Waals surface area (Å²) >= 11 is 4.97. The van der Waals surface area contributed by atoms with E-state index in [0.717, 1.165) is 9.35 Å². The Labute approximate surface area is 112 Å². The molecule has 0 spiro atoms. The second-order valence-corrected chi connectivity index (χ2v) is 5.26. The number of ketones is 1. The molecule has 2 rings (SSSR count). The predicted octanol–water partition coefficient (Wildman–Crippen LogP) is 3.62. The van der Waals surface area contributed by atoms with Gasteiger partial charge in [0.05, 0.1) is 0 Å². The second-order valence-electron chi connectivity index (χ2n) is 3.40. The third-order valence-electron chi connectivity index (χ3n) is 2.26. The molecule has 17 heavy (non-hydrogen) atoms. The summed E-state index contributed by atoms with van der Waals surface area (Å²) < 4.78 is 2.73. The molecule has 3 nitrogen and oxygen atoms in total. The first-order valence-corrected chi connectivity index (χ1v) is 6.86. The third-order valence-corrected chi connectivity index (χ3v) is 3.91. The highest BCUT2D eigenvalue weighted by molar-refractivity contribution is 9.10. The van der Waals surface area contributed by atoms with E-state index < -0.39 is 0 Å². The van der Waals surface area contributed by atoms with Gasteiger partial charge in [0.15, 0.2) is 0 Å². The minimum Gasteiger partial charge on any atom is -0.288 e. The summed E-state index contributed by atoms with van der Waals surface area (Å²) in [6.45, 7) is 2.66. The molecular formula is C12H11BrN2OS. The summed E-state index contributed by atoms with van der Waals surface area (Å²) in [5, 5.41) is 6.06. The minimum absolute atomic E-state index is 0.0196. The SMILES string of the molecule is CCn1nccc1C(=O)/C=C/c1cc(Br)cs1. The number of halogens is 1. The molecule has 0 amide bonds. The number of hydrogen-bond acceptors (Lipinski definition) is 3. The molecule has 0 aliphatic rings. The fourth-order valence-electron chi connectivity index (χ4n) is 1.45. The second kappa shape index (κ2) is 5.42. The van der Waals surface area contributed by atoms with Gasteiger partial charge in [0.25, 0.3) is 0 Å². The summed E-state index contributed by atoms with van der Waals surface area (Å²) in [6, 6.07) is 3.71. The molecule has 0 unspecified atom stereocenters. The van der Waals surface area contributed by atoms with Crippen LogP contribution >= 0.6 is 27.3 Å². The Morgan fingerprint density at radius 3 is 3.12 bits per heavy atom. The highest BCUT2D eigenvalue weighted by Gasteiger charge is 2.07. The quantitative estimate of drug-likeness (QED) is 0.638. The topological polar surface area (TPSA) is 34.9 Å². The summed E-state index contributed by atoms with van der Waals surface area (Å²) in [7, 11) is 0. The van der Waals surface area contributed by atoms with Gasteiger partial charge in [0.1, 0.15) is 5.69 Å². The van der Waals surface area contributed by atoms with Gasteiger partial charge in [0, 0.05) is 27.5 Å². The fraction of sp³-hybridized carbons (Fsp3) is 0.167. The van der Waals surface area contributed by atoms with Crippen molar-refractivity contribution in [3.8, 4) is 0 Å². The minimum atomic E-state index is -0.0196. The van der Waals surface area contributed by atoms with Gasteiger partial charge in [-0.1, -0.05) is 0 Å². The summed E-state index contributed by atoms with van der Waals surface area (Å²) in [4.78, 5) is 13.0. The van der Waals surface area contributed by atoms with Crippen molar-refractivity contribution in [3.05, 3.63) is 44.8 Å². The molecule has 0 fully saturated rings. The first-order chi connectivity index (χ1) is 8.20. The van der Waals surface area contributed by atoms with Gasteiger partial charge in [-0.05, 0) is 47.1 Å². The Kier molecular flexibility index (Phi) is 3.91. The Hall–Kier alpha value is -1.20. The normalized spacial score (nSPS) is 11.2. The summed E-state index contributed by atoms with van der Waals surface area (Å²) in [6.07, 6.45) is 5.05. The maximum atomic E-state index is 11.9. The molecule has 0 aliphatic heterocycles.